The molecule has 1 saturated heterocycles. The van der Waals surface area contributed by atoms with Crippen LogP contribution in [0.4, 0.5) is 10.3 Å². The van der Waals surface area contributed by atoms with E-state index in [-0.39, 0.29) is 29.5 Å². The molecular formula is C31H32FN5O2. The van der Waals surface area contributed by atoms with Crippen LogP contribution >= 0.6 is 0 Å². The summed E-state index contributed by atoms with van der Waals surface area (Å²) in [7, 11) is 0. The number of hydrogen-bond donors (Lipinski definition) is 2. The number of benzene rings is 2. The number of nitrogens with zero attached hydrogens (tertiary/aromatic N) is 3. The summed E-state index contributed by atoms with van der Waals surface area (Å²) in [5.41, 5.74) is 2.39. The first kappa shape index (κ1) is 25.4. The average Bonchev–Trinajstić information content (AvgIpc) is 3.71. The molecule has 1 aliphatic heterocycles. The number of fused-ring (bicyclic) bond motifs is 1. The van der Waals surface area contributed by atoms with Crippen molar-refractivity contribution in [2.24, 2.45) is 5.41 Å². The molecule has 0 unspecified atom stereocenters. The number of anilines is 1. The highest BCUT2D eigenvalue weighted by Gasteiger charge is 2.44. The molecule has 1 saturated carbocycles. The van der Waals surface area contributed by atoms with Crippen molar-refractivity contribution < 1.29 is 13.9 Å². The number of ether oxygens (including phenoxy) is 1. The molecule has 2 N–H and O–H groups in total. The van der Waals surface area contributed by atoms with Gasteiger partial charge in [-0.2, -0.15) is 0 Å². The summed E-state index contributed by atoms with van der Waals surface area (Å²) in [5.74, 6) is 1.25. The third-order valence-corrected chi connectivity index (χ3v) is 7.94. The molecule has 6 rings (SSSR count). The highest BCUT2D eigenvalue weighted by molar-refractivity contribution is 5.97. The van der Waals surface area contributed by atoms with Gasteiger partial charge in [-0.05, 0) is 80.4 Å². The summed E-state index contributed by atoms with van der Waals surface area (Å²) in [6.07, 6.45) is 7.39. The lowest BCUT2D eigenvalue weighted by Crippen LogP contribution is -2.38. The van der Waals surface area contributed by atoms with Gasteiger partial charge in [-0.15, -0.1) is 0 Å². The minimum Gasteiger partial charge on any atom is -0.437 e. The van der Waals surface area contributed by atoms with Crippen LogP contribution in [0.2, 0.25) is 0 Å². The molecule has 7 nitrogen and oxygen atoms in total. The number of nitrogens with one attached hydrogen (secondary N) is 2. The van der Waals surface area contributed by atoms with Crippen molar-refractivity contribution in [3.8, 4) is 22.9 Å². The van der Waals surface area contributed by atoms with E-state index in [1.165, 1.54) is 6.07 Å². The molecule has 0 amide bonds. The molecule has 2 aromatic carbocycles. The van der Waals surface area contributed by atoms with Crippen LogP contribution < -0.4 is 15.4 Å². The maximum atomic E-state index is 15.0. The average molecular weight is 526 g/mol. The van der Waals surface area contributed by atoms with Crippen molar-refractivity contribution in [3.63, 3.8) is 0 Å². The van der Waals surface area contributed by atoms with Crippen LogP contribution in [-0.4, -0.2) is 39.9 Å². The fraction of sp³-hybridized carbons (Fsp3) is 0.355. The molecule has 8 heteroatoms. The van der Waals surface area contributed by atoms with Crippen molar-refractivity contribution in [1.29, 1.82) is 0 Å². The standard InChI is InChI=1S/C31H32FN5O2/c1-19-7-8-21-22(9-10-25(32)24(21)17-27(38)31(2)12-13-31)28(19)39-29-23(6-4-15-34-29)26-11-16-35-30(37-26)36-20-5-3-14-33-18-20/h4,6-11,15-16,20,33H,3,5,12-14,17-18H2,1-2H3,(H,35,36,37)/t20-/m0/s1. The van der Waals surface area contributed by atoms with Gasteiger partial charge in [0.25, 0.3) is 0 Å². The molecule has 2 aliphatic rings. The van der Waals surface area contributed by atoms with Crippen molar-refractivity contribution in [3.05, 3.63) is 71.8 Å². The molecule has 0 bridgehead atoms. The van der Waals surface area contributed by atoms with Gasteiger partial charge in [0.05, 0.1) is 11.3 Å². The smallest absolute Gasteiger partial charge is 0.228 e. The summed E-state index contributed by atoms with van der Waals surface area (Å²) < 4.78 is 21.5. The number of aryl methyl sites for hydroxylation is 1. The van der Waals surface area contributed by atoms with Gasteiger partial charge in [0, 0.05) is 47.8 Å². The quantitative estimate of drug-likeness (QED) is 0.291. The molecule has 0 spiro atoms. The Labute approximate surface area is 227 Å². The molecule has 1 atom stereocenters. The third-order valence-electron chi connectivity index (χ3n) is 7.94. The van der Waals surface area contributed by atoms with Crippen LogP contribution in [0.15, 0.2) is 54.9 Å². The van der Waals surface area contributed by atoms with E-state index in [4.69, 9.17) is 9.72 Å². The molecule has 2 fully saturated rings. The van der Waals surface area contributed by atoms with E-state index < -0.39 is 0 Å². The van der Waals surface area contributed by atoms with Crippen LogP contribution in [0, 0.1) is 18.2 Å². The lowest BCUT2D eigenvalue weighted by Gasteiger charge is -2.23. The van der Waals surface area contributed by atoms with Crippen LogP contribution in [-0.2, 0) is 11.2 Å². The zero-order valence-corrected chi connectivity index (χ0v) is 22.3. The SMILES string of the molecule is Cc1ccc2c(CC(=O)C3(C)CC3)c(F)ccc2c1Oc1ncccc1-c1ccnc(N[C@H]2CCCNC2)n1. The Morgan fingerprint density at radius 3 is 2.77 bits per heavy atom. The van der Waals surface area contributed by atoms with Crippen LogP contribution in [0.3, 0.4) is 0 Å². The van der Waals surface area contributed by atoms with Gasteiger partial charge in [-0.25, -0.2) is 19.3 Å². The maximum absolute atomic E-state index is 15.0. The normalized spacial score (nSPS) is 18.1. The second kappa shape index (κ2) is 10.3. The topological polar surface area (TPSA) is 89.0 Å². The van der Waals surface area contributed by atoms with E-state index in [1.54, 1.807) is 18.5 Å². The van der Waals surface area contributed by atoms with E-state index in [1.807, 2.05) is 44.2 Å². The Morgan fingerprint density at radius 2 is 1.97 bits per heavy atom. The number of piperidine rings is 1. The highest BCUT2D eigenvalue weighted by Crippen LogP contribution is 2.47. The van der Waals surface area contributed by atoms with E-state index >= 15 is 4.39 Å². The van der Waals surface area contributed by atoms with Crippen molar-refractivity contribution in [1.82, 2.24) is 20.3 Å². The Morgan fingerprint density at radius 1 is 1.13 bits per heavy atom. The summed E-state index contributed by atoms with van der Waals surface area (Å²) in [6.45, 7) is 5.82. The molecule has 3 heterocycles. The zero-order valence-electron chi connectivity index (χ0n) is 22.3. The molecule has 39 heavy (non-hydrogen) atoms. The second-order valence-electron chi connectivity index (χ2n) is 10.9. The summed E-state index contributed by atoms with van der Waals surface area (Å²) in [4.78, 5) is 26.6. The van der Waals surface area contributed by atoms with Gasteiger partial charge in [0.2, 0.25) is 11.8 Å². The minimum absolute atomic E-state index is 0.0736. The van der Waals surface area contributed by atoms with Gasteiger partial charge in [0.1, 0.15) is 17.3 Å². The number of pyridine rings is 1. The van der Waals surface area contributed by atoms with Gasteiger partial charge in [0.15, 0.2) is 0 Å². The summed E-state index contributed by atoms with van der Waals surface area (Å²) in [5, 5.41) is 8.24. The fourth-order valence-corrected chi connectivity index (χ4v) is 5.18. The first-order valence-electron chi connectivity index (χ1n) is 13.6. The number of rotatable bonds is 8. The summed E-state index contributed by atoms with van der Waals surface area (Å²) in [6, 6.07) is 12.8. The van der Waals surface area contributed by atoms with Crippen LogP contribution in [0.5, 0.6) is 11.6 Å². The predicted molar refractivity (Wildman–Crippen MR) is 150 cm³/mol. The van der Waals surface area contributed by atoms with E-state index in [2.05, 4.69) is 20.6 Å². The molecule has 0 radical (unpaired) electrons. The monoisotopic (exact) mass is 525 g/mol. The van der Waals surface area contributed by atoms with Crippen molar-refractivity contribution >= 4 is 22.5 Å². The van der Waals surface area contributed by atoms with Crippen LogP contribution in [0.1, 0.15) is 43.7 Å². The first-order chi connectivity index (χ1) is 18.9. The Bertz CT molecular complexity index is 1550. The van der Waals surface area contributed by atoms with E-state index in [0.29, 0.717) is 34.2 Å². The van der Waals surface area contributed by atoms with Gasteiger partial charge in [-0.1, -0.05) is 19.1 Å². The highest BCUT2D eigenvalue weighted by atomic mass is 19.1. The number of carbonyl (C=O) groups is 1. The number of aromatic nitrogens is 3. The number of halogens is 1. The van der Waals surface area contributed by atoms with Crippen molar-refractivity contribution in [2.75, 3.05) is 18.4 Å². The van der Waals surface area contributed by atoms with E-state index in [0.717, 1.165) is 55.3 Å². The second-order valence-corrected chi connectivity index (χ2v) is 10.9. The molecule has 1 aliphatic carbocycles. The largest absolute Gasteiger partial charge is 0.437 e. The fourth-order valence-electron chi connectivity index (χ4n) is 5.18. The molecular weight excluding hydrogens is 493 g/mol. The van der Waals surface area contributed by atoms with Gasteiger partial charge < -0.3 is 15.4 Å². The zero-order chi connectivity index (χ0) is 27.0. The van der Waals surface area contributed by atoms with Crippen molar-refractivity contribution in [2.45, 2.75) is 52.0 Å². The Hall–Kier alpha value is -3.91. The minimum atomic E-state index is -0.373. The maximum Gasteiger partial charge on any atom is 0.228 e. The Kier molecular flexibility index (Phi) is 6.73. The lowest BCUT2D eigenvalue weighted by molar-refractivity contribution is -0.122. The van der Waals surface area contributed by atoms with Gasteiger partial charge in [-0.3, -0.25) is 4.79 Å². The molecule has 2 aromatic heterocycles. The summed E-state index contributed by atoms with van der Waals surface area (Å²) >= 11 is 0. The number of hydrogen-bond acceptors (Lipinski definition) is 7. The molecule has 4 aromatic rings. The first-order valence-corrected chi connectivity index (χ1v) is 13.6. The molecule has 200 valence electrons. The predicted octanol–water partition coefficient (Wildman–Crippen LogP) is 6.01. The lowest BCUT2D eigenvalue weighted by atomic mass is 9.92. The number of Topliss-reactive ketones (excluding diaryl/α,β-unsaturated/α-hetero) is 1. The Balaban J connectivity index is 1.34. The number of ketones is 1. The third kappa shape index (κ3) is 5.21. The number of carbonyl (C=O) groups excluding carboxylic acids is 1. The van der Waals surface area contributed by atoms with Crippen LogP contribution in [0.25, 0.3) is 22.0 Å². The van der Waals surface area contributed by atoms with Gasteiger partial charge >= 0.3 is 0 Å². The van der Waals surface area contributed by atoms with E-state index in [9.17, 15) is 4.79 Å².